The Bertz CT molecular complexity index is 2970. The van der Waals surface area contributed by atoms with E-state index >= 15 is 0 Å². The van der Waals surface area contributed by atoms with E-state index in [2.05, 4.69) is 184 Å². The van der Waals surface area contributed by atoms with Crippen LogP contribution in [0.2, 0.25) is 0 Å². The fourth-order valence-corrected chi connectivity index (χ4v) is 18.3. The number of nitrogens with zero attached hydrogens (tertiary/aromatic N) is 16. The number of esters is 1. The van der Waals surface area contributed by atoms with Gasteiger partial charge >= 0.3 is 24.2 Å². The normalized spacial score (nSPS) is 18.6. The molecule has 1 aliphatic carbocycles. The highest BCUT2D eigenvalue weighted by Gasteiger charge is 2.46. The van der Waals surface area contributed by atoms with Crippen LogP contribution < -0.4 is 0 Å². The van der Waals surface area contributed by atoms with E-state index in [9.17, 15) is 19.2 Å². The fraction of sp³-hybridized carbons (Fsp3) is 0.966. The van der Waals surface area contributed by atoms with E-state index < -0.39 is 0 Å². The van der Waals surface area contributed by atoms with Crippen LogP contribution in [0.5, 0.6) is 0 Å². The van der Waals surface area contributed by atoms with Gasteiger partial charge in [-0.2, -0.15) is 0 Å². The number of hydrogen-bond donors (Lipinski definition) is 0. The molecule has 31 nitrogen and oxygen atoms in total. The summed E-state index contributed by atoms with van der Waals surface area (Å²) in [5.74, 6) is -0.0656. The predicted octanol–water partition coefficient (Wildman–Crippen LogP) is 19.3. The molecule has 0 radical (unpaired) electrons. The van der Waals surface area contributed by atoms with E-state index in [0.29, 0.717) is 61.7 Å². The second-order valence-corrected chi connectivity index (χ2v) is 47.0. The van der Waals surface area contributed by atoms with Gasteiger partial charge in [0.2, 0.25) is 0 Å². The minimum Gasteiger partial charge on any atom is -0.463 e. The highest BCUT2D eigenvalue weighted by Crippen LogP contribution is 2.48. The summed E-state index contributed by atoms with van der Waals surface area (Å²) in [4.78, 5) is 81.9. The molecule has 0 bridgehead atoms. The number of carbonyl (C=O) groups is 4. The lowest BCUT2D eigenvalue weighted by Gasteiger charge is -2.56. The molecule has 0 unspecified atom stereocenters. The van der Waals surface area contributed by atoms with Crippen LogP contribution in [-0.4, -0.2) is 514 Å². The maximum Gasteiger partial charge on any atom is 0.409 e. The van der Waals surface area contributed by atoms with E-state index in [1.807, 2.05) is 81.3 Å². The molecule has 9 heterocycles. The van der Waals surface area contributed by atoms with Crippen molar-refractivity contribution < 1.29 is 71.3 Å². The van der Waals surface area contributed by atoms with Gasteiger partial charge in [0.25, 0.3) is 0 Å². The third-order valence-electron chi connectivity index (χ3n) is 27.6. The summed E-state index contributed by atoms with van der Waals surface area (Å²) in [5, 5.41) is 0. The van der Waals surface area contributed by atoms with Crippen molar-refractivity contribution in [1.29, 1.82) is 0 Å². The molecule has 1 saturated carbocycles. The fourth-order valence-electron chi connectivity index (χ4n) is 18.3. The zero-order valence-electron chi connectivity index (χ0n) is 104. The lowest BCUT2D eigenvalue weighted by molar-refractivity contribution is -0.147. The van der Waals surface area contributed by atoms with Gasteiger partial charge in [-0.25, -0.2) is 14.4 Å². The molecule has 10 aliphatic rings. The zero-order chi connectivity index (χ0) is 112. The van der Waals surface area contributed by atoms with E-state index in [1.54, 1.807) is 35.8 Å². The van der Waals surface area contributed by atoms with Crippen molar-refractivity contribution in [3.8, 4) is 0 Å². The lowest BCUT2D eigenvalue weighted by Crippen LogP contribution is -2.60. The molecule has 9 aliphatic heterocycles. The van der Waals surface area contributed by atoms with Crippen LogP contribution in [0.3, 0.4) is 0 Å². The number of piperazine rings is 3. The summed E-state index contributed by atoms with van der Waals surface area (Å²) in [6, 6.07) is 0.700. The average molecular weight is 2140 g/mol. The van der Waals surface area contributed by atoms with Crippen LogP contribution in [0.4, 0.5) is 14.4 Å². The predicted molar refractivity (Wildman–Crippen MR) is 628 cm³/mol. The standard InChI is InChI=1S/C13H28N2O.2C12H24N2O2.C12H25NO.C11H21NO.2C11H23NO.C10H22N2O.C10H21NO.C9H20N2O2.C8H17NO2/c1-12(2)15-9-7-14(8-10-15)6-5-11-16-13(3)4;1-11(2)16-12(15)5-4-6-14-9-7-13(3)8-10-14;1-11(2)16-12(15)13(3)9-10-14-7-5-4-6-8-14;1-12(2)14-11-7-6-10-13-8-4-3-5-9-13;1-10(2)13-7-6-12-8-11(9-12)4-3-5-11;2*1-11(2)13-10-6-9-12-7-4-3-5-8-12;1-10(2)13-9-8-12-6-4-11(3)5-7-12;1-10(2)12-9-8-11-6-4-3-5-7-11;1-8(2)13-9(12)11(5)7-6-10(3)4;1-5-6-9(4)8(10)11-7(2)3/h12-13H,5-11H2,1-4H3;2*11H,4-10H2,1-3H3;12H,3-11H2,1-2H3;10H,3-9H2,1-2H3;2*11H,3-10H2,1-2H3;10H,4-9H2,1-3H3;10H,3-9H2,1-2H3;8H,6-7H2,1-5H3;7H,5-6H2,1-4H3. The van der Waals surface area contributed by atoms with E-state index in [1.165, 1.54) is 305 Å². The molecule has 0 aromatic rings. The number of carbonyl (C=O) groups excluding carboxylic acids is 4. The quantitative estimate of drug-likeness (QED) is 0.0314. The van der Waals surface area contributed by atoms with Gasteiger partial charge < -0.3 is 116 Å². The highest BCUT2D eigenvalue weighted by molar-refractivity contribution is 5.69. The smallest absolute Gasteiger partial charge is 0.409 e. The van der Waals surface area contributed by atoms with Gasteiger partial charge in [-0.05, 0) is 400 Å². The van der Waals surface area contributed by atoms with Gasteiger partial charge in [-0.1, -0.05) is 45.4 Å². The largest absolute Gasteiger partial charge is 0.463 e. The molecular formula is C119H248N16O15. The number of amides is 3. The molecule has 0 atom stereocenters. The summed E-state index contributed by atoms with van der Waals surface area (Å²) in [6.45, 7) is 100. The second kappa shape index (κ2) is 94.3. The van der Waals surface area contributed by atoms with Crippen LogP contribution in [0.15, 0.2) is 0 Å². The molecule has 31 heteroatoms. The topological polar surface area (TPSA) is 222 Å². The molecule has 0 aromatic heterocycles. The molecule has 150 heavy (non-hydrogen) atoms. The van der Waals surface area contributed by atoms with E-state index in [4.69, 9.17) is 52.1 Å². The minimum atomic E-state index is -0.253. The number of rotatable bonds is 50. The van der Waals surface area contributed by atoms with E-state index in [0.717, 1.165) is 143 Å². The van der Waals surface area contributed by atoms with Crippen LogP contribution >= 0.6 is 0 Å². The van der Waals surface area contributed by atoms with Crippen molar-refractivity contribution in [2.45, 2.75) is 413 Å². The van der Waals surface area contributed by atoms with Gasteiger partial charge in [-0.15, -0.1) is 0 Å². The number of likely N-dealkylation sites (N-methyl/N-ethyl adjacent to an activating group) is 5. The number of ether oxygens (including phenoxy) is 11. The molecule has 1 spiro atoms. The molecular weight excluding hydrogens is 1890 g/mol. The van der Waals surface area contributed by atoms with Crippen molar-refractivity contribution in [1.82, 2.24) is 78.4 Å². The van der Waals surface area contributed by atoms with Crippen molar-refractivity contribution in [3.05, 3.63) is 0 Å². The van der Waals surface area contributed by atoms with Crippen molar-refractivity contribution in [3.63, 3.8) is 0 Å². The molecule has 0 aromatic carbocycles. The SMILES string of the molecule is CC(C)OC(=O)CCCN1CCN(C)CC1.CC(C)OC(=O)N(C)CCN(C)C.CC(C)OC(=O)N(C)CCN1CCCCC1.CC(C)OCCCCN1CCCCC1.CC(C)OCCCN1CCCCC1.CC(C)OCCCN1CCCCC1.CC(C)OCCCN1CCN(C(C)C)CC1.CC(C)OCCN1CC2(CCC2)C1.CC(C)OCCN1CCCCC1.CC(C)OCCN1CCN(C)CC1.CCCN(C)C(=O)OC(C)C. The first-order valence-electron chi connectivity index (χ1n) is 60.8. The Hall–Kier alpha value is -3.52. The molecule has 9 saturated heterocycles. The Balaban J connectivity index is 0.00000163. The first-order valence-corrected chi connectivity index (χ1v) is 60.8. The van der Waals surface area contributed by atoms with Crippen molar-refractivity contribution >= 4 is 24.2 Å². The highest BCUT2D eigenvalue weighted by atomic mass is 16.6. The summed E-state index contributed by atoms with van der Waals surface area (Å²) in [5.41, 5.74) is 0.776. The Kier molecular flexibility index (Phi) is 92.1. The number of hydrogen-bond acceptors (Lipinski definition) is 28. The Morgan fingerprint density at radius 2 is 0.507 bits per heavy atom. The summed E-state index contributed by atoms with van der Waals surface area (Å²) in [7, 11) is 13.6. The Morgan fingerprint density at radius 3 is 0.800 bits per heavy atom. The third-order valence-corrected chi connectivity index (χ3v) is 27.6. The van der Waals surface area contributed by atoms with Crippen LogP contribution in [-0.2, 0) is 56.9 Å². The third kappa shape index (κ3) is 89.3. The average Bonchev–Trinajstić information content (AvgIpc) is 0.762. The monoisotopic (exact) mass is 2140 g/mol. The number of unbranched alkanes of at least 4 members (excludes halogenated alkanes) is 1. The van der Waals surface area contributed by atoms with Crippen LogP contribution in [0.1, 0.15) is 340 Å². The lowest BCUT2D eigenvalue weighted by atomic mass is 9.63. The van der Waals surface area contributed by atoms with Crippen molar-refractivity contribution in [2.75, 3.05) is 338 Å². The zero-order valence-corrected chi connectivity index (χ0v) is 104. The maximum atomic E-state index is 11.5. The van der Waals surface area contributed by atoms with Crippen LogP contribution in [0.25, 0.3) is 0 Å². The minimum absolute atomic E-state index is 0.0103. The Morgan fingerprint density at radius 1 is 0.247 bits per heavy atom. The first kappa shape index (κ1) is 146. The summed E-state index contributed by atoms with van der Waals surface area (Å²) < 4.78 is 58.8. The number of likely N-dealkylation sites (tertiary alicyclic amines) is 6. The summed E-state index contributed by atoms with van der Waals surface area (Å²) in [6.07, 6.45) is 35.6. The maximum absolute atomic E-state index is 11.5. The van der Waals surface area contributed by atoms with Gasteiger partial charge in [0, 0.05) is 224 Å². The molecule has 3 amide bonds. The molecule has 10 fully saturated rings. The van der Waals surface area contributed by atoms with Gasteiger partial charge in [0.05, 0.1) is 87.0 Å². The molecule has 0 N–H and O–H groups in total. The summed E-state index contributed by atoms with van der Waals surface area (Å²) >= 11 is 0. The Labute approximate surface area is 925 Å². The molecule has 10 rings (SSSR count). The van der Waals surface area contributed by atoms with Crippen molar-refractivity contribution in [2.24, 2.45) is 5.41 Å². The second-order valence-electron chi connectivity index (χ2n) is 47.0. The van der Waals surface area contributed by atoms with Gasteiger partial charge in [0.1, 0.15) is 0 Å². The molecule has 894 valence electrons. The first-order chi connectivity index (χ1) is 71.3. The van der Waals surface area contributed by atoms with Gasteiger partial charge in [-0.3, -0.25) is 19.5 Å². The number of piperidine rings is 5. The van der Waals surface area contributed by atoms with E-state index in [-0.39, 0.29) is 48.7 Å². The van der Waals surface area contributed by atoms with Gasteiger partial charge in [0.15, 0.2) is 0 Å². The van der Waals surface area contributed by atoms with Crippen LogP contribution in [0, 0.1) is 5.41 Å².